The molecule has 1 aromatic carbocycles. The molecule has 0 fully saturated rings. The van der Waals surface area contributed by atoms with Crippen molar-refractivity contribution in [1.29, 1.82) is 0 Å². The Morgan fingerprint density at radius 3 is 2.38 bits per heavy atom. The van der Waals surface area contributed by atoms with Crippen molar-refractivity contribution < 1.29 is 14.6 Å². The number of allylic oxidation sites excluding steroid dienone is 2. The molecular weight excluding hydrogens is 204 g/mol. The summed E-state index contributed by atoms with van der Waals surface area (Å²) in [6, 6.07) is 7.15. The van der Waals surface area contributed by atoms with Gasteiger partial charge in [-0.15, -0.1) is 0 Å². The molecule has 1 aliphatic carbocycles. The number of rotatable bonds is 2. The summed E-state index contributed by atoms with van der Waals surface area (Å²) in [5.74, 6) is 0.886. The van der Waals surface area contributed by atoms with Crippen LogP contribution in [-0.2, 0) is 4.79 Å². The van der Waals surface area contributed by atoms with Gasteiger partial charge in [0.05, 0.1) is 12.7 Å². The molecule has 0 heterocycles. The molecule has 0 aliphatic heterocycles. The Balaban J connectivity index is 2.40. The van der Waals surface area contributed by atoms with Crippen LogP contribution in [0.2, 0.25) is 0 Å². The van der Waals surface area contributed by atoms with Gasteiger partial charge in [0.2, 0.25) is 0 Å². The van der Waals surface area contributed by atoms with E-state index in [1.54, 1.807) is 31.4 Å². The van der Waals surface area contributed by atoms with Gasteiger partial charge in [-0.1, -0.05) is 19.1 Å². The fourth-order valence-corrected chi connectivity index (χ4v) is 1.93. The number of ketones is 1. The topological polar surface area (TPSA) is 46.5 Å². The lowest BCUT2D eigenvalue weighted by atomic mass is 10.0. The van der Waals surface area contributed by atoms with Crippen molar-refractivity contribution in [2.45, 2.75) is 13.3 Å². The molecule has 84 valence electrons. The highest BCUT2D eigenvalue weighted by Crippen LogP contribution is 2.34. The van der Waals surface area contributed by atoms with Gasteiger partial charge in [0.1, 0.15) is 11.5 Å². The number of aliphatic hydroxyl groups is 1. The van der Waals surface area contributed by atoms with E-state index in [2.05, 4.69) is 0 Å². The molecule has 0 spiro atoms. The maximum absolute atomic E-state index is 11.7. The molecule has 1 aliphatic rings. The van der Waals surface area contributed by atoms with Crippen molar-refractivity contribution in [3.05, 3.63) is 35.6 Å². The summed E-state index contributed by atoms with van der Waals surface area (Å²) >= 11 is 0. The first-order chi connectivity index (χ1) is 7.63. The molecule has 3 heteroatoms. The lowest BCUT2D eigenvalue weighted by molar-refractivity contribution is -0.113. The second-order valence-electron chi connectivity index (χ2n) is 4.02. The summed E-state index contributed by atoms with van der Waals surface area (Å²) in [5, 5.41) is 9.84. The number of carbonyl (C=O) groups is 1. The zero-order valence-electron chi connectivity index (χ0n) is 9.36. The van der Waals surface area contributed by atoms with Crippen molar-refractivity contribution in [3.8, 4) is 5.75 Å². The summed E-state index contributed by atoms with van der Waals surface area (Å²) in [4.78, 5) is 11.7. The fraction of sp³-hybridized carbons (Fsp3) is 0.308. The fourth-order valence-electron chi connectivity index (χ4n) is 1.93. The van der Waals surface area contributed by atoms with Crippen LogP contribution in [0.1, 0.15) is 18.9 Å². The molecule has 0 saturated heterocycles. The zero-order valence-corrected chi connectivity index (χ0v) is 9.36. The van der Waals surface area contributed by atoms with Gasteiger partial charge < -0.3 is 9.84 Å². The van der Waals surface area contributed by atoms with E-state index in [1.165, 1.54) is 0 Å². The Kier molecular flexibility index (Phi) is 2.69. The SMILES string of the molecule is COc1ccc(C2=C(O)C(C)CC2=O)cc1. The Morgan fingerprint density at radius 1 is 1.31 bits per heavy atom. The van der Waals surface area contributed by atoms with Crippen molar-refractivity contribution in [2.75, 3.05) is 7.11 Å². The average molecular weight is 218 g/mol. The average Bonchev–Trinajstić information content (AvgIpc) is 2.54. The highest BCUT2D eigenvalue weighted by atomic mass is 16.5. The molecule has 1 aromatic rings. The lowest BCUT2D eigenvalue weighted by Gasteiger charge is -2.04. The minimum atomic E-state index is -0.0652. The van der Waals surface area contributed by atoms with E-state index in [0.717, 1.165) is 11.3 Å². The normalized spacial score (nSPS) is 20.4. The van der Waals surface area contributed by atoms with Gasteiger partial charge in [-0.2, -0.15) is 0 Å². The van der Waals surface area contributed by atoms with Gasteiger partial charge in [0.25, 0.3) is 0 Å². The van der Waals surface area contributed by atoms with Gasteiger partial charge >= 0.3 is 0 Å². The molecule has 1 unspecified atom stereocenters. The third-order valence-corrected chi connectivity index (χ3v) is 2.87. The van der Waals surface area contributed by atoms with E-state index < -0.39 is 0 Å². The number of hydrogen-bond acceptors (Lipinski definition) is 3. The van der Waals surface area contributed by atoms with Crippen LogP contribution in [0.15, 0.2) is 30.0 Å². The second kappa shape index (κ2) is 4.00. The third kappa shape index (κ3) is 1.69. The standard InChI is InChI=1S/C13H14O3/c1-8-7-11(14)12(13(8)15)9-3-5-10(16-2)6-4-9/h3-6,8,15H,7H2,1-2H3. The second-order valence-corrected chi connectivity index (χ2v) is 4.02. The van der Waals surface area contributed by atoms with Crippen LogP contribution < -0.4 is 4.74 Å². The Morgan fingerprint density at radius 2 is 1.94 bits per heavy atom. The van der Waals surface area contributed by atoms with E-state index in [-0.39, 0.29) is 17.5 Å². The van der Waals surface area contributed by atoms with Crippen molar-refractivity contribution in [2.24, 2.45) is 5.92 Å². The van der Waals surface area contributed by atoms with E-state index in [9.17, 15) is 9.90 Å². The van der Waals surface area contributed by atoms with Crippen LogP contribution in [0.25, 0.3) is 5.57 Å². The monoisotopic (exact) mass is 218 g/mol. The van der Waals surface area contributed by atoms with Crippen LogP contribution in [0.5, 0.6) is 5.75 Å². The van der Waals surface area contributed by atoms with Crippen LogP contribution in [0.4, 0.5) is 0 Å². The summed E-state index contributed by atoms with van der Waals surface area (Å²) in [6.07, 6.45) is 0.396. The summed E-state index contributed by atoms with van der Waals surface area (Å²) in [6.45, 7) is 1.85. The molecule has 2 rings (SSSR count). The van der Waals surface area contributed by atoms with E-state index in [0.29, 0.717) is 12.0 Å². The van der Waals surface area contributed by atoms with Gasteiger partial charge in [0.15, 0.2) is 5.78 Å². The van der Waals surface area contributed by atoms with Gasteiger partial charge in [0, 0.05) is 12.3 Å². The van der Waals surface area contributed by atoms with Crippen LogP contribution in [-0.4, -0.2) is 18.0 Å². The predicted octanol–water partition coefficient (Wildman–Crippen LogP) is 2.57. The predicted molar refractivity (Wildman–Crippen MR) is 61.3 cm³/mol. The van der Waals surface area contributed by atoms with Gasteiger partial charge in [-0.25, -0.2) is 0 Å². The lowest BCUT2D eigenvalue weighted by Crippen LogP contribution is -1.96. The molecule has 0 bridgehead atoms. The summed E-state index contributed by atoms with van der Waals surface area (Å²) in [7, 11) is 1.59. The molecule has 0 radical (unpaired) electrons. The molecule has 1 atom stereocenters. The van der Waals surface area contributed by atoms with Crippen LogP contribution in [0.3, 0.4) is 0 Å². The highest BCUT2D eigenvalue weighted by molar-refractivity contribution is 6.23. The summed E-state index contributed by atoms with van der Waals surface area (Å²) in [5.41, 5.74) is 1.21. The molecule has 0 amide bonds. The summed E-state index contributed by atoms with van der Waals surface area (Å²) < 4.78 is 5.04. The van der Waals surface area contributed by atoms with E-state index >= 15 is 0 Å². The largest absolute Gasteiger partial charge is 0.511 e. The minimum absolute atomic E-state index is 0.00941. The molecule has 0 aromatic heterocycles. The number of methoxy groups -OCH3 is 1. The molecule has 1 N–H and O–H groups in total. The van der Waals surface area contributed by atoms with Crippen molar-refractivity contribution in [1.82, 2.24) is 0 Å². The Hall–Kier alpha value is -1.77. The van der Waals surface area contributed by atoms with Crippen molar-refractivity contribution >= 4 is 11.4 Å². The van der Waals surface area contributed by atoms with E-state index in [1.807, 2.05) is 6.92 Å². The number of ether oxygens (including phenoxy) is 1. The Bertz CT molecular complexity index is 443. The zero-order chi connectivity index (χ0) is 11.7. The van der Waals surface area contributed by atoms with Crippen molar-refractivity contribution in [3.63, 3.8) is 0 Å². The van der Waals surface area contributed by atoms with Gasteiger partial charge in [-0.05, 0) is 17.7 Å². The number of benzene rings is 1. The number of aliphatic hydroxyl groups excluding tert-OH is 1. The van der Waals surface area contributed by atoms with E-state index in [4.69, 9.17) is 4.74 Å². The first-order valence-corrected chi connectivity index (χ1v) is 5.24. The van der Waals surface area contributed by atoms with Crippen LogP contribution in [0, 0.1) is 5.92 Å². The molecule has 16 heavy (non-hydrogen) atoms. The number of carbonyl (C=O) groups excluding carboxylic acids is 1. The van der Waals surface area contributed by atoms with Gasteiger partial charge in [-0.3, -0.25) is 4.79 Å². The maximum Gasteiger partial charge on any atom is 0.167 e. The Labute approximate surface area is 94.4 Å². The number of Topliss-reactive ketones (excluding diaryl/α,β-unsaturated/α-hetero) is 1. The first-order valence-electron chi connectivity index (χ1n) is 5.24. The maximum atomic E-state index is 11.7. The van der Waals surface area contributed by atoms with Crippen LogP contribution >= 0.6 is 0 Å². The smallest absolute Gasteiger partial charge is 0.167 e. The molecular formula is C13H14O3. The minimum Gasteiger partial charge on any atom is -0.511 e. The first kappa shape index (κ1) is 10.7. The third-order valence-electron chi connectivity index (χ3n) is 2.87. The highest BCUT2D eigenvalue weighted by Gasteiger charge is 2.29. The number of hydrogen-bond donors (Lipinski definition) is 1. The molecule has 0 saturated carbocycles. The molecule has 3 nitrogen and oxygen atoms in total. The quantitative estimate of drug-likeness (QED) is 0.829.